The van der Waals surface area contributed by atoms with Crippen molar-refractivity contribution in [2.24, 2.45) is 0 Å². The van der Waals surface area contributed by atoms with Crippen molar-refractivity contribution >= 4 is 26.5 Å². The van der Waals surface area contributed by atoms with Crippen molar-refractivity contribution in [2.75, 3.05) is 26.7 Å². The molecule has 0 aliphatic rings. The molecule has 11 aromatic heterocycles. The van der Waals surface area contributed by atoms with Gasteiger partial charge in [-0.3, -0.25) is 9.97 Å². The van der Waals surface area contributed by atoms with Crippen molar-refractivity contribution in [3.63, 3.8) is 0 Å². The molecule has 0 fully saturated rings. The maximum atomic E-state index is 12.2. The Morgan fingerprint density at radius 1 is 0.253 bits per heavy atom. The number of hydrogen-bond acceptors (Lipinski definition) is 11. The average Bonchev–Trinajstić information content (AvgIpc) is 1.77. The summed E-state index contributed by atoms with van der Waals surface area (Å²) in [5, 5.41) is 17.4. The van der Waals surface area contributed by atoms with Crippen LogP contribution in [0.2, 0.25) is 0 Å². The van der Waals surface area contributed by atoms with Gasteiger partial charge in [-0.05, 0) is 199 Å². The molecule has 0 saturated heterocycles. The fourth-order valence-corrected chi connectivity index (χ4v) is 14.6. The first-order chi connectivity index (χ1) is 66.9. The zero-order valence-corrected chi connectivity index (χ0v) is 104. The number of halogens is 3. The molecule has 0 aliphatic heterocycles. The van der Waals surface area contributed by atoms with Crippen molar-refractivity contribution in [2.45, 2.75) is 75.4 Å². The Morgan fingerprint density at radius 2 is 0.623 bits per heavy atom. The maximum absolute atomic E-state index is 12.2. The van der Waals surface area contributed by atoms with Crippen LogP contribution >= 0.6 is 15.8 Å². The summed E-state index contributed by atoms with van der Waals surface area (Å²) in [5.74, 6) is 0. The van der Waals surface area contributed by atoms with E-state index < -0.39 is 11.9 Å². The first-order valence-corrected chi connectivity index (χ1v) is 49.8. The molecule has 0 N–H and O–H groups in total. The van der Waals surface area contributed by atoms with Crippen LogP contribution in [0.1, 0.15) is 61.6 Å². The summed E-state index contributed by atoms with van der Waals surface area (Å²) in [6, 6.07) is 139. The van der Waals surface area contributed by atoms with Gasteiger partial charge in [0.2, 0.25) is 0 Å². The summed E-state index contributed by atoms with van der Waals surface area (Å²) in [7, 11) is -0.424. The van der Waals surface area contributed by atoms with Crippen molar-refractivity contribution in [1.82, 2.24) is 65.3 Å². The van der Waals surface area contributed by atoms with Crippen LogP contribution in [0, 0.1) is 112 Å². The molecule has 0 bridgehead atoms. The van der Waals surface area contributed by atoms with E-state index >= 15 is 0 Å². The minimum atomic E-state index is -4.46. The third-order valence-corrected chi connectivity index (χ3v) is 23.2. The quantitative estimate of drug-likeness (QED) is 0.0886. The fourth-order valence-electron chi connectivity index (χ4n) is 12.9. The van der Waals surface area contributed by atoms with E-state index in [0.29, 0.717) is 5.69 Å². The van der Waals surface area contributed by atoms with Crippen LogP contribution in [-0.4, -0.2) is 81.7 Å². The van der Waals surface area contributed by atoms with Crippen LogP contribution in [0.5, 0.6) is 0 Å². The van der Waals surface area contributed by atoms with Gasteiger partial charge in [-0.25, -0.2) is 0 Å². The molecule has 0 aliphatic carbocycles. The number of benzene rings is 9. The van der Waals surface area contributed by atoms with Crippen LogP contribution in [0.3, 0.4) is 0 Å². The van der Waals surface area contributed by atoms with Crippen molar-refractivity contribution in [1.29, 1.82) is 0 Å². The Balaban J connectivity index is 0.000000541. The summed E-state index contributed by atoms with van der Waals surface area (Å²) in [6.45, 7) is 29.7. The van der Waals surface area contributed by atoms with E-state index in [9.17, 15) is 13.2 Å². The normalized spacial score (nSPS) is 9.64. The van der Waals surface area contributed by atoms with E-state index in [4.69, 9.17) is 0 Å². The van der Waals surface area contributed by atoms with Gasteiger partial charge in [0.25, 0.3) is 0 Å². The SMILES string of the molecule is C[PH+](C)c1ccccc1.C[PH+](C)c1ccccc1.Cc1cc(-c2ccccn2)[n-]n1.Cc1cc[c-]c(-c2cc(C)ccn2)c1.Cc1cccc(-c2[c-]cccc2)n1.Cc1cccnc1-c1[c-]cccc1.Cc1ccnc(-c2[c-]cccc2)c1.Cc1ccnc(-c2[c-]cccc2)c1C.Cc1cnc(-c2[c-]cccc2)c(C)c1.FC(F)(F)c1cc(-c2ccccn2)[n-]n1.[Ir].[Ir].[Ir].[Ir].[Ir].[Ir].[Ir].[Os+2].[c-]1ccccc1-c1ccccn1. The molecule has 0 unspecified atom stereocenters. The largest absolute Gasteiger partial charge is 2.00 e. The molecule has 0 spiro atoms. The molecule has 0 atom stereocenters. The zero-order valence-electron chi connectivity index (χ0n) is 82.8. The molecular weight excluding hydrogens is 3280 g/mol. The summed E-state index contributed by atoms with van der Waals surface area (Å²) in [6.07, 6.45) is 9.77. The van der Waals surface area contributed by atoms with Gasteiger partial charge in [-0.2, -0.15) is 13.2 Å². The van der Waals surface area contributed by atoms with E-state index in [1.165, 1.54) is 61.3 Å². The second-order valence-corrected chi connectivity index (χ2v) is 37.0. The van der Waals surface area contributed by atoms with Gasteiger partial charge in [-0.15, -0.1) is 251 Å². The Hall–Kier alpha value is -10.4. The predicted octanol–water partition coefficient (Wildman–Crippen LogP) is 27.7. The number of alkyl halides is 3. The Morgan fingerprint density at radius 3 is 1.01 bits per heavy atom. The van der Waals surface area contributed by atoms with Crippen LogP contribution in [0.15, 0.2) is 407 Å². The third kappa shape index (κ3) is 47.0. The first-order valence-electron chi connectivity index (χ1n) is 44.8. The van der Waals surface area contributed by atoms with Gasteiger partial charge in [-0.1, -0.05) is 155 Å². The number of aromatic nitrogens is 13. The van der Waals surface area contributed by atoms with Gasteiger partial charge < -0.3 is 55.3 Å². The molecule has 13 nitrogen and oxygen atoms in total. The van der Waals surface area contributed by atoms with Crippen molar-refractivity contribution in [3.8, 4) is 102 Å². The molecule has 146 heavy (non-hydrogen) atoms. The summed E-state index contributed by atoms with van der Waals surface area (Å²) < 4.78 is 36.6. The summed E-state index contributed by atoms with van der Waals surface area (Å²) >= 11 is 0. The molecule has 11 heterocycles. The number of hydrogen-bond donors (Lipinski definition) is 0. The van der Waals surface area contributed by atoms with Crippen LogP contribution in [0.25, 0.3) is 102 Å². The standard InChI is InChI=1S/3C13H12N.3C12H10N.C11H8N.C9H5F3N3.C9H8N3.2C8H11P.7Ir.Os/c1-10-4-3-5-12(8-10)13-9-11(2)6-7-14-13;1-10-8-11(2)13(14-9-10)12-6-4-3-5-7-12;1-10-8-9-14-13(11(10)2)12-6-4-3-5-7-12;1-10-6-5-9-13-12(10)11-7-3-2-4-8-11;1-10-6-5-9-12(13-10)11-7-3-2-4-8-11;1-10-7-8-13-12(9-10)11-5-3-2-4-6-11;1-2-6-10(7-3-1)11-8-4-5-9-12-11;10-9(11,12)8-5-7(14-15-8)6-3-1-2-4-13-6;1-7-6-9(12-11-7)8-4-2-3-5-10-8;2*1-9(2)8-6-4-3-5-7-8;;;;;;;;/h3-4,6-9H,1-2H3;2*3-6,8-9H,1-2H3;2*2-7,9H,1H3;2-5,7-9H,1H3;1-6,8-9H;1-5H;2-6H,1H3;2*3-7H,1-2H3;;;;;;;;/q9*-1;;;;;;;;;;+2/p+2. The monoisotopic (exact) mass is 3400 g/mol. The van der Waals surface area contributed by atoms with Crippen LogP contribution in [-0.2, 0) is 167 Å². The Kier molecular flexibility index (Phi) is 65.7. The minimum absolute atomic E-state index is 0. The van der Waals surface area contributed by atoms with E-state index in [0.717, 1.165) is 108 Å². The van der Waals surface area contributed by atoms with Gasteiger partial charge in [0.05, 0.1) is 37.3 Å². The van der Waals surface area contributed by atoms with Crippen molar-refractivity contribution in [3.05, 3.63) is 512 Å². The summed E-state index contributed by atoms with van der Waals surface area (Å²) in [4.78, 5) is 38.4. The van der Waals surface area contributed by atoms with E-state index in [1.54, 1.807) is 30.6 Å². The topological polar surface area (TPSA) is 170 Å². The molecular formula is C120H111F3Ir7N13OsP2-5. The second-order valence-electron chi connectivity index (χ2n) is 31.8. The second kappa shape index (κ2) is 72.8. The fraction of sp³-hybridized carbons (Fsp3) is 0.125. The van der Waals surface area contributed by atoms with Crippen LogP contribution < -0.4 is 20.8 Å². The molecule has 0 amide bonds. The summed E-state index contributed by atoms with van der Waals surface area (Å²) in [5.41, 5.74) is 27.3. The molecule has 20 aromatic rings. The smallest absolute Gasteiger partial charge is 0.574 e. The van der Waals surface area contributed by atoms with Gasteiger partial charge in [0.1, 0.15) is 5.69 Å². The minimum Gasteiger partial charge on any atom is -0.574 e. The number of aryl methyl sites for hydroxylation is 9. The van der Waals surface area contributed by atoms with Crippen molar-refractivity contribution < 1.29 is 174 Å². The average molecular weight is 3390 g/mol. The van der Waals surface area contributed by atoms with Gasteiger partial charge in [0.15, 0.2) is 0 Å². The predicted molar refractivity (Wildman–Crippen MR) is 566 cm³/mol. The molecule has 0 saturated carbocycles. The number of pyridine rings is 9. The van der Waals surface area contributed by atoms with E-state index in [2.05, 4.69) is 281 Å². The Bertz CT molecular complexity index is 6680. The van der Waals surface area contributed by atoms with E-state index in [-0.39, 0.29) is 182 Å². The molecule has 763 valence electrons. The zero-order chi connectivity index (χ0) is 98.1. The van der Waals surface area contributed by atoms with Gasteiger partial charge >= 0.3 is 26.0 Å². The third-order valence-electron chi connectivity index (χ3n) is 20.2. The van der Waals surface area contributed by atoms with Gasteiger partial charge in [0, 0.05) is 229 Å². The molecule has 20 rings (SSSR count). The molecule has 26 heteroatoms. The van der Waals surface area contributed by atoms with Crippen LogP contribution in [0.4, 0.5) is 13.2 Å². The maximum Gasteiger partial charge on any atom is 2.00 e. The molecule has 7 radical (unpaired) electrons. The Labute approximate surface area is 970 Å². The number of rotatable bonds is 11. The first kappa shape index (κ1) is 132. The molecule has 9 aromatic carbocycles. The van der Waals surface area contributed by atoms with E-state index in [1.807, 2.05) is 287 Å². The number of nitrogens with zero attached hydrogens (tertiary/aromatic N) is 13.